The van der Waals surface area contributed by atoms with Gasteiger partial charge in [0.25, 0.3) is 0 Å². The van der Waals surface area contributed by atoms with E-state index < -0.39 is 5.60 Å². The molecule has 1 aromatic rings. The molecule has 0 aromatic heterocycles. The fourth-order valence-corrected chi connectivity index (χ4v) is 3.05. The van der Waals surface area contributed by atoms with Gasteiger partial charge in [0.15, 0.2) is 5.78 Å². The first-order valence-corrected chi connectivity index (χ1v) is 6.60. The number of hydrogen-bond donors (Lipinski definition) is 0. The lowest BCUT2D eigenvalue weighted by Crippen LogP contribution is -2.34. The molecule has 98 valence electrons. The maximum atomic E-state index is 12.6. The van der Waals surface area contributed by atoms with Gasteiger partial charge in [0.1, 0.15) is 0 Å². The number of benzene rings is 1. The van der Waals surface area contributed by atoms with E-state index >= 15 is 0 Å². The highest BCUT2D eigenvalue weighted by Gasteiger charge is 2.49. The van der Waals surface area contributed by atoms with Gasteiger partial charge < -0.3 is 4.74 Å². The predicted octanol–water partition coefficient (Wildman–Crippen LogP) is 4.12. The third kappa shape index (κ3) is 2.45. The van der Waals surface area contributed by atoms with Crippen molar-refractivity contribution in [1.82, 2.24) is 0 Å². The van der Waals surface area contributed by atoms with Crippen molar-refractivity contribution in [2.45, 2.75) is 45.3 Å². The van der Waals surface area contributed by atoms with E-state index in [9.17, 15) is 4.79 Å². The lowest BCUT2D eigenvalue weighted by molar-refractivity contribution is -0.0712. The van der Waals surface area contributed by atoms with Crippen molar-refractivity contribution in [2.24, 2.45) is 5.92 Å². The minimum absolute atomic E-state index is 0.0798. The zero-order chi connectivity index (χ0) is 13.6. The van der Waals surface area contributed by atoms with E-state index in [0.29, 0.717) is 10.6 Å². The van der Waals surface area contributed by atoms with Crippen LogP contribution in [0.1, 0.15) is 44.5 Å². The molecule has 1 saturated heterocycles. The Morgan fingerprint density at radius 3 is 2.39 bits per heavy atom. The number of carbonyl (C=O) groups is 1. The van der Waals surface area contributed by atoms with Gasteiger partial charge >= 0.3 is 0 Å². The minimum Gasteiger partial charge on any atom is -0.369 e. The molecule has 1 atom stereocenters. The summed E-state index contributed by atoms with van der Waals surface area (Å²) < 4.78 is 5.97. The van der Waals surface area contributed by atoms with Gasteiger partial charge in [-0.1, -0.05) is 23.7 Å². The first kappa shape index (κ1) is 13.6. The fraction of sp³-hybridized carbons (Fsp3) is 0.533. The van der Waals surface area contributed by atoms with Crippen LogP contribution >= 0.6 is 11.6 Å². The van der Waals surface area contributed by atoms with Crippen molar-refractivity contribution in [3.63, 3.8) is 0 Å². The second-order valence-electron chi connectivity index (χ2n) is 6.07. The zero-order valence-electron chi connectivity index (χ0n) is 11.3. The van der Waals surface area contributed by atoms with Crippen LogP contribution in [-0.4, -0.2) is 17.0 Å². The second kappa shape index (κ2) is 4.36. The van der Waals surface area contributed by atoms with Crippen molar-refractivity contribution in [2.75, 3.05) is 0 Å². The Balaban J connectivity index is 2.33. The molecule has 1 aliphatic heterocycles. The van der Waals surface area contributed by atoms with Gasteiger partial charge in [0, 0.05) is 5.56 Å². The summed E-state index contributed by atoms with van der Waals surface area (Å²) in [5.74, 6) is -0.0661. The van der Waals surface area contributed by atoms with E-state index in [1.807, 2.05) is 39.8 Å². The van der Waals surface area contributed by atoms with Crippen LogP contribution in [0, 0.1) is 5.92 Å². The topological polar surface area (TPSA) is 26.3 Å². The molecule has 0 amide bonds. The average Bonchev–Trinajstić information content (AvgIpc) is 2.46. The van der Waals surface area contributed by atoms with E-state index in [4.69, 9.17) is 16.3 Å². The lowest BCUT2D eigenvalue weighted by atomic mass is 9.82. The molecular weight excluding hydrogens is 248 g/mol. The van der Waals surface area contributed by atoms with Gasteiger partial charge in [-0.15, -0.1) is 0 Å². The SMILES string of the molecule is CC1(C)CC(C(=O)c2ccccc2Cl)C(C)(C)O1. The summed E-state index contributed by atoms with van der Waals surface area (Å²) in [6.45, 7) is 7.99. The molecule has 0 N–H and O–H groups in total. The molecule has 0 saturated carbocycles. The summed E-state index contributed by atoms with van der Waals surface area (Å²) in [5, 5.41) is 0.517. The minimum atomic E-state index is -0.445. The quantitative estimate of drug-likeness (QED) is 0.753. The molecule has 0 radical (unpaired) electrons. The van der Waals surface area contributed by atoms with Crippen LogP contribution in [-0.2, 0) is 4.74 Å². The Morgan fingerprint density at radius 1 is 1.28 bits per heavy atom. The molecule has 3 heteroatoms. The highest BCUT2D eigenvalue weighted by molar-refractivity contribution is 6.34. The monoisotopic (exact) mass is 266 g/mol. The van der Waals surface area contributed by atoms with Crippen LogP contribution in [0.2, 0.25) is 5.02 Å². The van der Waals surface area contributed by atoms with Gasteiger partial charge in [0.05, 0.1) is 22.1 Å². The highest BCUT2D eigenvalue weighted by Crippen LogP contribution is 2.43. The summed E-state index contributed by atoms with van der Waals surface area (Å²) in [5.41, 5.74) is -0.108. The summed E-state index contributed by atoms with van der Waals surface area (Å²) >= 11 is 6.10. The van der Waals surface area contributed by atoms with Crippen LogP contribution in [0.3, 0.4) is 0 Å². The lowest BCUT2D eigenvalue weighted by Gasteiger charge is -2.26. The maximum absolute atomic E-state index is 12.6. The summed E-state index contributed by atoms with van der Waals surface area (Å²) in [7, 11) is 0. The molecule has 1 fully saturated rings. The van der Waals surface area contributed by atoms with E-state index in [1.165, 1.54) is 0 Å². The van der Waals surface area contributed by atoms with Crippen LogP contribution in [0.15, 0.2) is 24.3 Å². The third-order valence-electron chi connectivity index (χ3n) is 3.53. The number of carbonyl (C=O) groups excluding carboxylic acids is 1. The summed E-state index contributed by atoms with van der Waals surface area (Å²) in [6, 6.07) is 7.21. The summed E-state index contributed by atoms with van der Waals surface area (Å²) in [6.07, 6.45) is 0.726. The van der Waals surface area contributed by atoms with E-state index in [1.54, 1.807) is 12.1 Å². The Morgan fingerprint density at radius 2 is 1.89 bits per heavy atom. The number of hydrogen-bond acceptors (Lipinski definition) is 2. The Bertz CT molecular complexity index is 477. The van der Waals surface area contributed by atoms with Crippen molar-refractivity contribution in [1.29, 1.82) is 0 Å². The Hall–Kier alpha value is -0.860. The third-order valence-corrected chi connectivity index (χ3v) is 3.86. The van der Waals surface area contributed by atoms with Crippen LogP contribution in [0.4, 0.5) is 0 Å². The van der Waals surface area contributed by atoms with E-state index in [2.05, 4.69) is 0 Å². The van der Waals surface area contributed by atoms with Crippen LogP contribution in [0.5, 0.6) is 0 Å². The Labute approximate surface area is 113 Å². The average molecular weight is 267 g/mol. The molecule has 0 bridgehead atoms. The van der Waals surface area contributed by atoms with Gasteiger partial charge in [-0.2, -0.15) is 0 Å². The van der Waals surface area contributed by atoms with E-state index in [0.717, 1.165) is 6.42 Å². The van der Waals surface area contributed by atoms with Gasteiger partial charge in [0.2, 0.25) is 0 Å². The fourth-order valence-electron chi connectivity index (χ4n) is 2.82. The smallest absolute Gasteiger partial charge is 0.170 e. The standard InChI is InChI=1S/C15H19ClO2/c1-14(2)9-11(15(3,4)18-14)13(17)10-7-5-6-8-12(10)16/h5-8,11H,9H2,1-4H3. The predicted molar refractivity (Wildman–Crippen MR) is 73.1 cm³/mol. The van der Waals surface area contributed by atoms with Gasteiger partial charge in [-0.05, 0) is 46.2 Å². The van der Waals surface area contributed by atoms with Crippen LogP contribution < -0.4 is 0 Å². The second-order valence-corrected chi connectivity index (χ2v) is 6.47. The molecule has 0 spiro atoms. The van der Waals surface area contributed by atoms with Gasteiger partial charge in [-0.3, -0.25) is 4.79 Å². The molecule has 2 rings (SSSR count). The molecule has 2 nitrogen and oxygen atoms in total. The highest BCUT2D eigenvalue weighted by atomic mass is 35.5. The number of ether oxygens (including phenoxy) is 1. The normalized spacial score (nSPS) is 25.1. The molecule has 18 heavy (non-hydrogen) atoms. The first-order valence-electron chi connectivity index (χ1n) is 6.22. The largest absolute Gasteiger partial charge is 0.369 e. The molecule has 1 heterocycles. The molecule has 1 aromatic carbocycles. The van der Waals surface area contributed by atoms with Crippen molar-refractivity contribution in [3.05, 3.63) is 34.9 Å². The number of halogens is 1. The van der Waals surface area contributed by atoms with E-state index in [-0.39, 0.29) is 17.3 Å². The van der Waals surface area contributed by atoms with Crippen LogP contribution in [0.25, 0.3) is 0 Å². The van der Waals surface area contributed by atoms with Crippen molar-refractivity contribution in [3.8, 4) is 0 Å². The van der Waals surface area contributed by atoms with Crippen molar-refractivity contribution < 1.29 is 9.53 Å². The molecular formula is C15H19ClO2. The summed E-state index contributed by atoms with van der Waals surface area (Å²) in [4.78, 5) is 12.6. The molecule has 1 unspecified atom stereocenters. The number of rotatable bonds is 2. The number of ketones is 1. The maximum Gasteiger partial charge on any atom is 0.170 e. The zero-order valence-corrected chi connectivity index (χ0v) is 12.0. The van der Waals surface area contributed by atoms with Crippen molar-refractivity contribution >= 4 is 17.4 Å². The Kier molecular flexibility index (Phi) is 3.28. The molecule has 1 aliphatic rings. The number of Topliss-reactive ketones (excluding diaryl/α,β-unsaturated/α-hetero) is 1. The molecule has 0 aliphatic carbocycles. The van der Waals surface area contributed by atoms with Gasteiger partial charge in [-0.25, -0.2) is 0 Å². The first-order chi connectivity index (χ1) is 8.23.